The fourth-order valence-electron chi connectivity index (χ4n) is 2.48. The molecule has 1 aliphatic rings. The Morgan fingerprint density at radius 3 is 2.41 bits per heavy atom. The lowest BCUT2D eigenvalue weighted by molar-refractivity contribution is 0.0197. The van der Waals surface area contributed by atoms with E-state index in [9.17, 15) is 4.39 Å². The van der Waals surface area contributed by atoms with Crippen molar-refractivity contribution in [2.24, 2.45) is 0 Å². The van der Waals surface area contributed by atoms with Crippen molar-refractivity contribution in [3.63, 3.8) is 0 Å². The maximum absolute atomic E-state index is 13.6. The van der Waals surface area contributed by atoms with Gasteiger partial charge in [-0.1, -0.05) is 28.1 Å². The average molecular weight is 301 g/mol. The number of hydrogen-bond acceptors (Lipinski definition) is 1. The standard InChI is InChI=1S/C14H18BrFO/c1-9-7-11(8-10(2)12(9)16)13(15)14(3)5-4-6-17-14/h7-8,13H,4-6H2,1-3H3. The average Bonchev–Trinajstić information content (AvgIpc) is 2.72. The summed E-state index contributed by atoms with van der Waals surface area (Å²) in [5.74, 6) is -0.106. The molecule has 1 heterocycles. The molecule has 1 nitrogen and oxygen atoms in total. The summed E-state index contributed by atoms with van der Waals surface area (Å²) >= 11 is 3.71. The Balaban J connectivity index is 2.34. The van der Waals surface area contributed by atoms with Crippen LogP contribution in [0.2, 0.25) is 0 Å². The van der Waals surface area contributed by atoms with Crippen LogP contribution in [0.25, 0.3) is 0 Å². The number of aryl methyl sites for hydroxylation is 2. The van der Waals surface area contributed by atoms with Crippen LogP contribution in [0.4, 0.5) is 4.39 Å². The van der Waals surface area contributed by atoms with Gasteiger partial charge in [-0.2, -0.15) is 0 Å². The SMILES string of the molecule is Cc1cc(C(Br)C2(C)CCCO2)cc(C)c1F. The summed E-state index contributed by atoms with van der Waals surface area (Å²) in [5, 5.41) is 0. The van der Waals surface area contributed by atoms with Crippen molar-refractivity contribution < 1.29 is 9.13 Å². The summed E-state index contributed by atoms with van der Waals surface area (Å²) in [5.41, 5.74) is 2.33. The highest BCUT2D eigenvalue weighted by atomic mass is 79.9. The van der Waals surface area contributed by atoms with Gasteiger partial charge in [-0.25, -0.2) is 4.39 Å². The third-order valence-electron chi connectivity index (χ3n) is 3.54. The monoisotopic (exact) mass is 300 g/mol. The molecule has 0 saturated carbocycles. The third-order valence-corrected chi connectivity index (χ3v) is 5.03. The normalized spacial score (nSPS) is 26.2. The van der Waals surface area contributed by atoms with Crippen LogP contribution in [-0.2, 0) is 4.74 Å². The van der Waals surface area contributed by atoms with Crippen molar-refractivity contribution in [2.45, 2.75) is 44.0 Å². The van der Waals surface area contributed by atoms with Crippen molar-refractivity contribution in [2.75, 3.05) is 6.61 Å². The molecule has 1 aromatic rings. The first-order valence-electron chi connectivity index (χ1n) is 5.99. The molecule has 0 N–H and O–H groups in total. The molecule has 1 fully saturated rings. The lowest BCUT2D eigenvalue weighted by atomic mass is 9.91. The molecule has 0 aliphatic carbocycles. The van der Waals surface area contributed by atoms with E-state index in [-0.39, 0.29) is 16.2 Å². The zero-order chi connectivity index (χ0) is 12.6. The summed E-state index contributed by atoms with van der Waals surface area (Å²) in [7, 11) is 0. The first-order chi connectivity index (χ1) is 7.94. The van der Waals surface area contributed by atoms with E-state index >= 15 is 0 Å². The first kappa shape index (κ1) is 13.0. The Labute approximate surface area is 110 Å². The van der Waals surface area contributed by atoms with Crippen LogP contribution in [-0.4, -0.2) is 12.2 Å². The molecule has 1 aromatic carbocycles. The van der Waals surface area contributed by atoms with Gasteiger partial charge >= 0.3 is 0 Å². The van der Waals surface area contributed by atoms with Crippen LogP contribution in [0.15, 0.2) is 12.1 Å². The van der Waals surface area contributed by atoms with Gasteiger partial charge in [0.15, 0.2) is 0 Å². The predicted octanol–water partition coefficient (Wildman–Crippen LogP) is 4.45. The summed E-state index contributed by atoms with van der Waals surface area (Å²) in [4.78, 5) is 0.121. The molecule has 0 spiro atoms. The molecule has 94 valence electrons. The summed E-state index contributed by atoms with van der Waals surface area (Å²) in [6.45, 7) is 6.55. The summed E-state index contributed by atoms with van der Waals surface area (Å²) in [6.07, 6.45) is 2.14. The molecule has 0 amide bonds. The zero-order valence-corrected chi connectivity index (χ0v) is 12.1. The summed E-state index contributed by atoms with van der Waals surface area (Å²) in [6, 6.07) is 3.82. The zero-order valence-electron chi connectivity index (χ0n) is 10.5. The number of halogens is 2. The molecule has 3 heteroatoms. The number of rotatable bonds is 2. The lowest BCUT2D eigenvalue weighted by Crippen LogP contribution is -2.28. The van der Waals surface area contributed by atoms with Crippen molar-refractivity contribution in [3.8, 4) is 0 Å². The fourth-order valence-corrected chi connectivity index (χ4v) is 3.10. The maximum Gasteiger partial charge on any atom is 0.129 e. The Morgan fingerprint density at radius 2 is 1.94 bits per heavy atom. The molecular weight excluding hydrogens is 283 g/mol. The van der Waals surface area contributed by atoms with E-state index in [1.165, 1.54) is 0 Å². The molecule has 0 aromatic heterocycles. The fraction of sp³-hybridized carbons (Fsp3) is 0.571. The van der Waals surface area contributed by atoms with Gasteiger partial charge in [0, 0.05) is 6.61 Å². The van der Waals surface area contributed by atoms with Gasteiger partial charge in [-0.15, -0.1) is 0 Å². The molecule has 2 unspecified atom stereocenters. The van der Waals surface area contributed by atoms with E-state index in [0.29, 0.717) is 11.1 Å². The van der Waals surface area contributed by atoms with Gasteiger partial charge < -0.3 is 4.74 Å². The minimum atomic E-state index is -0.170. The second-order valence-electron chi connectivity index (χ2n) is 5.10. The van der Waals surface area contributed by atoms with Crippen molar-refractivity contribution >= 4 is 15.9 Å². The minimum Gasteiger partial charge on any atom is -0.374 e. The quantitative estimate of drug-likeness (QED) is 0.733. The van der Waals surface area contributed by atoms with Crippen LogP contribution >= 0.6 is 15.9 Å². The molecule has 2 rings (SSSR count). The topological polar surface area (TPSA) is 9.23 Å². The first-order valence-corrected chi connectivity index (χ1v) is 6.90. The second-order valence-corrected chi connectivity index (χ2v) is 6.01. The van der Waals surface area contributed by atoms with Crippen molar-refractivity contribution in [3.05, 3.63) is 34.6 Å². The molecule has 17 heavy (non-hydrogen) atoms. The van der Waals surface area contributed by atoms with E-state index in [4.69, 9.17) is 4.74 Å². The van der Waals surface area contributed by atoms with Crippen molar-refractivity contribution in [1.29, 1.82) is 0 Å². The van der Waals surface area contributed by atoms with Gasteiger partial charge in [0.25, 0.3) is 0 Å². The highest BCUT2D eigenvalue weighted by molar-refractivity contribution is 9.09. The van der Waals surface area contributed by atoms with E-state index in [2.05, 4.69) is 22.9 Å². The largest absolute Gasteiger partial charge is 0.374 e. The third kappa shape index (κ3) is 2.41. The lowest BCUT2D eigenvalue weighted by Gasteiger charge is -2.30. The maximum atomic E-state index is 13.6. The van der Waals surface area contributed by atoms with E-state index in [1.54, 1.807) is 0 Å². The van der Waals surface area contributed by atoms with E-state index in [1.807, 2.05) is 26.0 Å². The van der Waals surface area contributed by atoms with Crippen LogP contribution in [0.3, 0.4) is 0 Å². The molecule has 2 atom stereocenters. The van der Waals surface area contributed by atoms with Gasteiger partial charge in [-0.3, -0.25) is 0 Å². The predicted molar refractivity (Wildman–Crippen MR) is 71.1 cm³/mol. The number of hydrogen-bond donors (Lipinski definition) is 0. The summed E-state index contributed by atoms with van der Waals surface area (Å²) < 4.78 is 19.4. The Kier molecular flexibility index (Phi) is 3.60. The van der Waals surface area contributed by atoms with Crippen LogP contribution in [0.5, 0.6) is 0 Å². The van der Waals surface area contributed by atoms with Gasteiger partial charge in [-0.05, 0) is 50.3 Å². The highest BCUT2D eigenvalue weighted by Crippen LogP contribution is 2.43. The number of ether oxygens (including phenoxy) is 1. The number of benzene rings is 1. The Bertz CT molecular complexity index is 401. The molecule has 0 bridgehead atoms. The van der Waals surface area contributed by atoms with Gasteiger partial charge in [0.1, 0.15) is 5.82 Å². The second kappa shape index (κ2) is 4.69. The van der Waals surface area contributed by atoms with E-state index < -0.39 is 0 Å². The van der Waals surface area contributed by atoms with Crippen LogP contribution in [0, 0.1) is 19.7 Å². The van der Waals surface area contributed by atoms with E-state index in [0.717, 1.165) is 25.0 Å². The number of alkyl halides is 1. The Hall–Kier alpha value is -0.410. The smallest absolute Gasteiger partial charge is 0.129 e. The minimum absolute atomic E-state index is 0.106. The van der Waals surface area contributed by atoms with Crippen molar-refractivity contribution in [1.82, 2.24) is 0 Å². The molecule has 1 saturated heterocycles. The van der Waals surface area contributed by atoms with Crippen LogP contribution < -0.4 is 0 Å². The molecule has 0 radical (unpaired) electrons. The van der Waals surface area contributed by atoms with Gasteiger partial charge in [0.05, 0.1) is 10.4 Å². The molecular formula is C14H18BrFO. The Morgan fingerprint density at radius 1 is 1.35 bits per heavy atom. The highest BCUT2D eigenvalue weighted by Gasteiger charge is 2.38. The molecule has 1 aliphatic heterocycles. The van der Waals surface area contributed by atoms with Gasteiger partial charge in [0.2, 0.25) is 0 Å². The van der Waals surface area contributed by atoms with Crippen LogP contribution in [0.1, 0.15) is 41.3 Å².